The lowest BCUT2D eigenvalue weighted by atomic mass is 9.77. The maximum absolute atomic E-state index is 14.4. The van der Waals surface area contributed by atoms with Crippen LogP contribution in [0.25, 0.3) is 11.1 Å². The van der Waals surface area contributed by atoms with Crippen LogP contribution in [0.5, 0.6) is 5.75 Å². The SMILES string of the molecule is CCCOC(=O)CCC1CCC(C(=O)N(CC2CCC(c3ccc(OC)c(C)c3)CC2)c2cccc(-c3cnn(C(C)C)c3)c2)CC1. The number of aryl methyl sites for hydroxylation is 1. The van der Waals surface area contributed by atoms with Gasteiger partial charge in [-0.05, 0) is 138 Å². The molecule has 7 nitrogen and oxygen atoms in total. The number of benzene rings is 2. The molecule has 0 spiro atoms. The van der Waals surface area contributed by atoms with Crippen LogP contribution in [0.15, 0.2) is 54.9 Å². The maximum Gasteiger partial charge on any atom is 0.305 e. The highest BCUT2D eigenvalue weighted by molar-refractivity contribution is 5.95. The lowest BCUT2D eigenvalue weighted by molar-refractivity contribution is -0.144. The predicted molar refractivity (Wildman–Crippen MR) is 189 cm³/mol. The minimum atomic E-state index is -0.0908. The molecule has 2 saturated carbocycles. The van der Waals surface area contributed by atoms with Gasteiger partial charge in [0.05, 0.1) is 19.9 Å². The van der Waals surface area contributed by atoms with Crippen molar-refractivity contribution in [1.29, 1.82) is 0 Å². The number of hydrogen-bond acceptors (Lipinski definition) is 5. The summed E-state index contributed by atoms with van der Waals surface area (Å²) < 4.78 is 12.8. The van der Waals surface area contributed by atoms with Crippen LogP contribution in [-0.2, 0) is 14.3 Å². The van der Waals surface area contributed by atoms with E-state index >= 15 is 0 Å². The summed E-state index contributed by atoms with van der Waals surface area (Å²) in [5.74, 6) is 2.63. The van der Waals surface area contributed by atoms with Crippen LogP contribution in [0.1, 0.15) is 114 Å². The molecule has 1 aromatic heterocycles. The first-order valence-electron chi connectivity index (χ1n) is 18.0. The minimum absolute atomic E-state index is 0.0178. The first-order chi connectivity index (χ1) is 22.7. The zero-order valence-corrected chi connectivity index (χ0v) is 29.2. The Morgan fingerprint density at radius 2 is 1.70 bits per heavy atom. The molecule has 0 bridgehead atoms. The number of hydrogen-bond donors (Lipinski definition) is 0. The monoisotopic (exact) mass is 641 g/mol. The Kier molecular flexibility index (Phi) is 12.2. The van der Waals surface area contributed by atoms with Crippen LogP contribution in [0.2, 0.25) is 0 Å². The van der Waals surface area contributed by atoms with E-state index in [1.165, 1.54) is 11.1 Å². The van der Waals surface area contributed by atoms with E-state index in [-0.39, 0.29) is 17.8 Å². The molecule has 47 heavy (non-hydrogen) atoms. The number of aromatic nitrogens is 2. The van der Waals surface area contributed by atoms with Crippen LogP contribution in [-0.4, -0.2) is 41.9 Å². The predicted octanol–water partition coefficient (Wildman–Crippen LogP) is 9.29. The number of ether oxygens (including phenoxy) is 2. The fourth-order valence-electron chi connectivity index (χ4n) is 7.57. The number of nitrogens with zero attached hydrogens (tertiary/aromatic N) is 3. The molecule has 7 heteroatoms. The third-order valence-electron chi connectivity index (χ3n) is 10.5. The number of carbonyl (C=O) groups is 2. The fraction of sp³-hybridized carbons (Fsp3) is 0.575. The van der Waals surface area contributed by atoms with E-state index in [2.05, 4.69) is 79.4 Å². The quantitative estimate of drug-likeness (QED) is 0.174. The second kappa shape index (κ2) is 16.5. The summed E-state index contributed by atoms with van der Waals surface area (Å²) in [6.07, 6.45) is 14.5. The number of carbonyl (C=O) groups excluding carboxylic acids is 2. The van der Waals surface area contributed by atoms with Crippen LogP contribution in [0.3, 0.4) is 0 Å². The molecule has 0 saturated heterocycles. The van der Waals surface area contributed by atoms with Crippen LogP contribution >= 0.6 is 0 Å². The maximum atomic E-state index is 14.4. The first kappa shape index (κ1) is 34.7. The summed E-state index contributed by atoms with van der Waals surface area (Å²) in [6.45, 7) is 9.65. The number of rotatable bonds is 13. The molecule has 0 atom stereocenters. The minimum Gasteiger partial charge on any atom is -0.496 e. The van der Waals surface area contributed by atoms with Crippen molar-refractivity contribution in [3.05, 3.63) is 66.0 Å². The topological polar surface area (TPSA) is 73.7 Å². The Labute approximate surface area is 282 Å². The van der Waals surface area contributed by atoms with Crippen molar-refractivity contribution < 1.29 is 19.1 Å². The second-order valence-corrected chi connectivity index (χ2v) is 14.2. The van der Waals surface area contributed by atoms with Gasteiger partial charge in [-0.1, -0.05) is 31.2 Å². The Morgan fingerprint density at radius 1 is 0.957 bits per heavy atom. The lowest BCUT2D eigenvalue weighted by Gasteiger charge is -2.36. The molecule has 2 fully saturated rings. The van der Waals surface area contributed by atoms with Crippen molar-refractivity contribution >= 4 is 17.6 Å². The zero-order valence-electron chi connectivity index (χ0n) is 29.2. The van der Waals surface area contributed by atoms with Crippen molar-refractivity contribution in [2.75, 3.05) is 25.2 Å². The van der Waals surface area contributed by atoms with Gasteiger partial charge in [-0.25, -0.2) is 0 Å². The third-order valence-corrected chi connectivity index (χ3v) is 10.5. The van der Waals surface area contributed by atoms with E-state index in [0.29, 0.717) is 36.8 Å². The molecule has 254 valence electrons. The Balaban J connectivity index is 1.28. The molecular weight excluding hydrogens is 586 g/mol. The second-order valence-electron chi connectivity index (χ2n) is 14.2. The highest BCUT2D eigenvalue weighted by Crippen LogP contribution is 2.39. The largest absolute Gasteiger partial charge is 0.496 e. The van der Waals surface area contributed by atoms with Gasteiger partial charge < -0.3 is 14.4 Å². The summed E-state index contributed by atoms with van der Waals surface area (Å²) in [5, 5.41) is 4.56. The zero-order chi connectivity index (χ0) is 33.3. The van der Waals surface area contributed by atoms with E-state index in [0.717, 1.165) is 93.3 Å². The van der Waals surface area contributed by atoms with Crippen LogP contribution < -0.4 is 9.64 Å². The Hall–Kier alpha value is -3.61. The van der Waals surface area contributed by atoms with Crippen LogP contribution in [0.4, 0.5) is 5.69 Å². The van der Waals surface area contributed by atoms with E-state index in [4.69, 9.17) is 9.47 Å². The van der Waals surface area contributed by atoms with Crippen molar-refractivity contribution in [2.45, 2.75) is 110 Å². The van der Waals surface area contributed by atoms with E-state index in [1.807, 2.05) is 17.8 Å². The highest BCUT2D eigenvalue weighted by Gasteiger charge is 2.33. The summed E-state index contributed by atoms with van der Waals surface area (Å²) >= 11 is 0. The smallest absolute Gasteiger partial charge is 0.305 e. The fourth-order valence-corrected chi connectivity index (χ4v) is 7.57. The summed E-state index contributed by atoms with van der Waals surface area (Å²) in [7, 11) is 1.73. The summed E-state index contributed by atoms with van der Waals surface area (Å²) in [5.41, 5.74) is 5.73. The van der Waals surface area contributed by atoms with Gasteiger partial charge in [0.25, 0.3) is 0 Å². The van der Waals surface area contributed by atoms with Gasteiger partial charge in [0, 0.05) is 42.4 Å². The standard InChI is InChI=1S/C40H55N3O4/c1-6-22-47-39(44)21-14-30-10-17-33(18-11-30)40(45)42(37-9-7-8-34(24-37)36-25-41-43(27-36)28(2)3)26-31-12-15-32(16-13-31)35-19-20-38(46-5)29(4)23-35/h7-9,19-20,23-25,27-28,30-33H,6,10-18,21-22,26H2,1-5H3. The van der Waals surface area contributed by atoms with Gasteiger partial charge in [-0.15, -0.1) is 0 Å². The van der Waals surface area contributed by atoms with E-state index in [1.54, 1.807) is 7.11 Å². The van der Waals surface area contributed by atoms with Gasteiger partial charge in [-0.2, -0.15) is 5.10 Å². The van der Waals surface area contributed by atoms with Crippen molar-refractivity contribution in [2.24, 2.45) is 17.8 Å². The summed E-state index contributed by atoms with van der Waals surface area (Å²) in [6, 6.07) is 15.4. The van der Waals surface area contributed by atoms with Gasteiger partial charge >= 0.3 is 5.97 Å². The first-order valence-corrected chi connectivity index (χ1v) is 18.0. The van der Waals surface area contributed by atoms with E-state index in [9.17, 15) is 9.59 Å². The number of methoxy groups -OCH3 is 1. The van der Waals surface area contributed by atoms with Gasteiger partial charge in [-0.3, -0.25) is 14.3 Å². The molecule has 3 aromatic rings. The van der Waals surface area contributed by atoms with Crippen molar-refractivity contribution in [1.82, 2.24) is 9.78 Å². The molecule has 2 aliphatic carbocycles. The molecule has 2 aliphatic rings. The molecule has 1 amide bonds. The van der Waals surface area contributed by atoms with Crippen LogP contribution in [0, 0.1) is 24.7 Å². The number of anilines is 1. The normalized spacial score (nSPS) is 21.4. The number of amides is 1. The Bertz CT molecular complexity index is 1460. The molecule has 0 N–H and O–H groups in total. The van der Waals surface area contributed by atoms with Gasteiger partial charge in [0.2, 0.25) is 5.91 Å². The Morgan fingerprint density at radius 3 is 2.36 bits per heavy atom. The summed E-state index contributed by atoms with van der Waals surface area (Å²) in [4.78, 5) is 28.6. The molecule has 1 heterocycles. The molecule has 5 rings (SSSR count). The average Bonchev–Trinajstić information content (AvgIpc) is 3.60. The highest BCUT2D eigenvalue weighted by atomic mass is 16.5. The van der Waals surface area contributed by atoms with E-state index < -0.39 is 0 Å². The lowest BCUT2D eigenvalue weighted by Crippen LogP contribution is -2.41. The molecule has 0 unspecified atom stereocenters. The average molecular weight is 642 g/mol. The molecule has 0 radical (unpaired) electrons. The molecular formula is C40H55N3O4. The van der Waals surface area contributed by atoms with Gasteiger partial charge in [0.15, 0.2) is 0 Å². The third kappa shape index (κ3) is 9.05. The van der Waals surface area contributed by atoms with Gasteiger partial charge in [0.1, 0.15) is 5.75 Å². The van der Waals surface area contributed by atoms with Crippen molar-refractivity contribution in [3.8, 4) is 16.9 Å². The molecule has 2 aromatic carbocycles. The van der Waals surface area contributed by atoms with Crippen molar-refractivity contribution in [3.63, 3.8) is 0 Å². The molecule has 0 aliphatic heterocycles. The number of esters is 1.